The molecule has 0 aromatic heterocycles. The second kappa shape index (κ2) is 8.28. The molecule has 2 heteroatoms. The molecular weight excluding hydrogens is 220 g/mol. The van der Waals surface area contributed by atoms with E-state index in [2.05, 4.69) is 62.3 Å². The van der Waals surface area contributed by atoms with Gasteiger partial charge in [0, 0.05) is 13.1 Å². The number of hydrogen-bond donors (Lipinski definition) is 1. The van der Waals surface area contributed by atoms with Crippen molar-refractivity contribution in [1.29, 1.82) is 0 Å². The number of nitrogens with zero attached hydrogens (tertiary/aromatic N) is 1. The van der Waals surface area contributed by atoms with Gasteiger partial charge in [-0.2, -0.15) is 0 Å². The first-order valence-electron chi connectivity index (χ1n) is 7.15. The molecule has 0 saturated carbocycles. The number of benzene rings is 1. The van der Waals surface area contributed by atoms with Crippen molar-refractivity contribution in [2.75, 3.05) is 26.7 Å². The molecule has 1 atom stereocenters. The van der Waals surface area contributed by atoms with Crippen LogP contribution in [0.5, 0.6) is 0 Å². The lowest BCUT2D eigenvalue weighted by atomic mass is 9.99. The molecule has 0 radical (unpaired) electrons. The van der Waals surface area contributed by atoms with Crippen LogP contribution in [0.25, 0.3) is 0 Å². The van der Waals surface area contributed by atoms with Gasteiger partial charge in [-0.15, -0.1) is 0 Å². The summed E-state index contributed by atoms with van der Waals surface area (Å²) in [5, 5.41) is 3.40. The zero-order valence-electron chi connectivity index (χ0n) is 12.4. The Labute approximate surface area is 112 Å². The van der Waals surface area contributed by atoms with Crippen LogP contribution < -0.4 is 5.32 Å². The summed E-state index contributed by atoms with van der Waals surface area (Å²) < 4.78 is 0. The molecule has 0 aliphatic heterocycles. The third-order valence-corrected chi connectivity index (χ3v) is 3.31. The Balaban J connectivity index is 2.51. The van der Waals surface area contributed by atoms with Gasteiger partial charge in [0.1, 0.15) is 0 Å². The van der Waals surface area contributed by atoms with Gasteiger partial charge in [0.15, 0.2) is 0 Å². The lowest BCUT2D eigenvalue weighted by molar-refractivity contribution is 0.327. The van der Waals surface area contributed by atoms with Gasteiger partial charge in [0.05, 0.1) is 0 Å². The topological polar surface area (TPSA) is 15.3 Å². The van der Waals surface area contributed by atoms with Crippen LogP contribution in [0, 0.1) is 0 Å². The van der Waals surface area contributed by atoms with Crippen molar-refractivity contribution in [2.24, 2.45) is 0 Å². The van der Waals surface area contributed by atoms with E-state index < -0.39 is 0 Å². The molecule has 0 saturated heterocycles. The second-order valence-electron chi connectivity index (χ2n) is 5.19. The standard InChI is InChI=1S/C16H28N2/c1-5-11-18(4)13-15-7-9-16(10-8-15)14(3)12-17-6-2/h7-10,14,17H,5-6,11-13H2,1-4H3. The molecule has 102 valence electrons. The first-order valence-corrected chi connectivity index (χ1v) is 7.15. The summed E-state index contributed by atoms with van der Waals surface area (Å²) in [7, 11) is 2.19. The highest BCUT2D eigenvalue weighted by Crippen LogP contribution is 2.15. The summed E-state index contributed by atoms with van der Waals surface area (Å²) in [6.45, 7) is 11.0. The van der Waals surface area contributed by atoms with E-state index in [1.165, 1.54) is 24.1 Å². The Morgan fingerprint density at radius 2 is 1.83 bits per heavy atom. The van der Waals surface area contributed by atoms with Crippen molar-refractivity contribution >= 4 is 0 Å². The van der Waals surface area contributed by atoms with Gasteiger partial charge in [-0.25, -0.2) is 0 Å². The molecule has 0 spiro atoms. The Morgan fingerprint density at radius 1 is 1.17 bits per heavy atom. The monoisotopic (exact) mass is 248 g/mol. The van der Waals surface area contributed by atoms with E-state index in [4.69, 9.17) is 0 Å². The fourth-order valence-electron chi connectivity index (χ4n) is 2.20. The molecule has 0 bridgehead atoms. The predicted octanol–water partition coefficient (Wildman–Crippen LogP) is 3.24. The summed E-state index contributed by atoms with van der Waals surface area (Å²) in [5.74, 6) is 0.590. The maximum absolute atomic E-state index is 3.40. The average Bonchev–Trinajstić information content (AvgIpc) is 2.37. The van der Waals surface area contributed by atoms with E-state index in [1.54, 1.807) is 0 Å². The summed E-state index contributed by atoms with van der Waals surface area (Å²) in [6.07, 6.45) is 1.22. The Hall–Kier alpha value is -0.860. The molecule has 1 rings (SSSR count). The molecule has 0 aliphatic carbocycles. The first kappa shape index (κ1) is 15.2. The summed E-state index contributed by atoms with van der Waals surface area (Å²) in [6, 6.07) is 9.09. The Bertz CT molecular complexity index is 318. The van der Waals surface area contributed by atoms with Gasteiger partial charge < -0.3 is 10.2 Å². The van der Waals surface area contributed by atoms with Gasteiger partial charge in [0.2, 0.25) is 0 Å². The molecule has 0 heterocycles. The van der Waals surface area contributed by atoms with Gasteiger partial charge >= 0.3 is 0 Å². The summed E-state index contributed by atoms with van der Waals surface area (Å²) in [4.78, 5) is 2.37. The van der Waals surface area contributed by atoms with E-state index in [0.717, 1.165) is 19.6 Å². The van der Waals surface area contributed by atoms with Crippen LogP contribution in [0.4, 0.5) is 0 Å². The highest BCUT2D eigenvalue weighted by molar-refractivity contribution is 5.25. The lowest BCUT2D eigenvalue weighted by Crippen LogP contribution is -2.20. The number of hydrogen-bond acceptors (Lipinski definition) is 2. The molecule has 0 fully saturated rings. The van der Waals surface area contributed by atoms with E-state index in [-0.39, 0.29) is 0 Å². The quantitative estimate of drug-likeness (QED) is 0.760. The number of rotatable bonds is 8. The van der Waals surface area contributed by atoms with Crippen LogP contribution >= 0.6 is 0 Å². The van der Waals surface area contributed by atoms with E-state index >= 15 is 0 Å². The van der Waals surface area contributed by atoms with Crippen LogP contribution in [-0.2, 0) is 6.54 Å². The SMILES string of the molecule is CCCN(C)Cc1ccc(C(C)CNCC)cc1. The molecule has 2 nitrogen and oxygen atoms in total. The molecule has 1 N–H and O–H groups in total. The van der Waals surface area contributed by atoms with Crippen molar-refractivity contribution in [3.05, 3.63) is 35.4 Å². The van der Waals surface area contributed by atoms with Crippen LogP contribution in [0.1, 0.15) is 44.2 Å². The predicted molar refractivity (Wildman–Crippen MR) is 80.0 cm³/mol. The molecule has 1 unspecified atom stereocenters. The Kier molecular flexibility index (Phi) is 6.99. The van der Waals surface area contributed by atoms with E-state index in [1.807, 2.05) is 0 Å². The minimum Gasteiger partial charge on any atom is -0.316 e. The fraction of sp³-hybridized carbons (Fsp3) is 0.625. The van der Waals surface area contributed by atoms with Crippen LogP contribution in [0.2, 0.25) is 0 Å². The highest BCUT2D eigenvalue weighted by Gasteiger charge is 2.05. The summed E-state index contributed by atoms with van der Waals surface area (Å²) in [5.41, 5.74) is 2.84. The number of likely N-dealkylation sites (N-methyl/N-ethyl adjacent to an activating group) is 1. The molecule has 0 amide bonds. The average molecular weight is 248 g/mol. The van der Waals surface area contributed by atoms with Crippen molar-refractivity contribution in [1.82, 2.24) is 10.2 Å². The third-order valence-electron chi connectivity index (χ3n) is 3.31. The van der Waals surface area contributed by atoms with Gasteiger partial charge in [-0.1, -0.05) is 45.0 Å². The van der Waals surface area contributed by atoms with E-state index in [0.29, 0.717) is 5.92 Å². The van der Waals surface area contributed by atoms with Gasteiger partial charge in [0.25, 0.3) is 0 Å². The van der Waals surface area contributed by atoms with Crippen LogP contribution in [0.15, 0.2) is 24.3 Å². The van der Waals surface area contributed by atoms with Crippen molar-refractivity contribution < 1.29 is 0 Å². The molecule has 1 aromatic rings. The minimum absolute atomic E-state index is 0.590. The maximum atomic E-state index is 3.40. The lowest BCUT2D eigenvalue weighted by Gasteiger charge is -2.17. The maximum Gasteiger partial charge on any atom is 0.0230 e. The summed E-state index contributed by atoms with van der Waals surface area (Å²) >= 11 is 0. The molecular formula is C16H28N2. The minimum atomic E-state index is 0.590. The zero-order valence-corrected chi connectivity index (χ0v) is 12.4. The Morgan fingerprint density at radius 3 is 2.39 bits per heavy atom. The largest absolute Gasteiger partial charge is 0.316 e. The van der Waals surface area contributed by atoms with Crippen LogP contribution in [-0.4, -0.2) is 31.6 Å². The van der Waals surface area contributed by atoms with Crippen LogP contribution in [0.3, 0.4) is 0 Å². The zero-order chi connectivity index (χ0) is 13.4. The molecule has 1 aromatic carbocycles. The fourth-order valence-corrected chi connectivity index (χ4v) is 2.20. The normalized spacial score (nSPS) is 12.9. The van der Waals surface area contributed by atoms with Crippen molar-refractivity contribution in [3.8, 4) is 0 Å². The smallest absolute Gasteiger partial charge is 0.0230 e. The van der Waals surface area contributed by atoms with Crippen molar-refractivity contribution in [3.63, 3.8) is 0 Å². The van der Waals surface area contributed by atoms with Gasteiger partial charge in [-0.05, 0) is 43.6 Å². The highest BCUT2D eigenvalue weighted by atomic mass is 15.1. The third kappa shape index (κ3) is 5.19. The molecule has 0 aliphatic rings. The first-order chi connectivity index (χ1) is 8.67. The van der Waals surface area contributed by atoms with E-state index in [9.17, 15) is 0 Å². The second-order valence-corrected chi connectivity index (χ2v) is 5.19. The molecule has 18 heavy (non-hydrogen) atoms. The number of nitrogens with one attached hydrogen (secondary N) is 1. The van der Waals surface area contributed by atoms with Gasteiger partial charge in [-0.3, -0.25) is 0 Å². The van der Waals surface area contributed by atoms with Crippen molar-refractivity contribution in [2.45, 2.75) is 39.7 Å².